The van der Waals surface area contributed by atoms with Crippen LogP contribution < -0.4 is 26.2 Å². The van der Waals surface area contributed by atoms with Crippen LogP contribution in [0.25, 0.3) is 100 Å². The third kappa shape index (κ3) is 12.4. The van der Waals surface area contributed by atoms with Crippen LogP contribution in [0.15, 0.2) is 358 Å². The molecular formula is C105H87BN2. The first-order valence-corrected chi connectivity index (χ1v) is 39.4. The van der Waals surface area contributed by atoms with Gasteiger partial charge in [-0.15, -0.1) is 0 Å². The number of rotatable bonds is 15. The molecule has 0 radical (unpaired) electrons. The van der Waals surface area contributed by atoms with Gasteiger partial charge in [0.15, 0.2) is 0 Å². The SMILES string of the molecule is CC(C)(c1cccc(-c2ccccc2)c1)c1cc2c3c(c1)N(c1c(-c4ccccc4)cc(C4CCCCC4)cc1-c1ccccc1)c1ccc(-c4cccc(-c5ccccc5)c4)cc1B3c1cc(-c3cccc(-c4ccccc4)c3)ccc1N2c1c(-c2ccccc2)cc(C2CCCCC2)cc1-c1ccccc1. The van der Waals surface area contributed by atoms with E-state index in [9.17, 15) is 0 Å². The molecular weight excluding hydrogens is 1300 g/mol. The Morgan fingerprint density at radius 3 is 0.870 bits per heavy atom. The highest BCUT2D eigenvalue weighted by molar-refractivity contribution is 7.00. The second-order valence-corrected chi connectivity index (χ2v) is 31.1. The standard InChI is InChI=1S/C105H87BN2/c1-105(2,90-56-32-55-85(63-90)74-37-16-5-17-38-74)91-70-100-102-101(71-91)108(104-94(79-47-26-10-27-48-79)66-89(76-41-20-7-21-42-76)67-95(104)80-49-28-11-29-50-80)99-60-58-87(84-54-31-52-82(62-84)73-35-14-4-15-36-73)69-97(99)106(102)96-68-86(83-53-30-51-81(61-83)72-33-12-3-13-34-72)57-59-98(96)107(100)103-92(77-43-22-8-23-44-77)64-88(75-39-18-6-19-40-75)65-93(103)78-45-24-9-25-46-78/h3-5,8-17,22-38,43-71,75-76H,6-7,18-21,39-42H2,1-2H3. The average Bonchev–Trinajstić information content (AvgIpc) is 0.685. The van der Waals surface area contributed by atoms with Crippen molar-refractivity contribution in [3.8, 4) is 100 Å². The molecule has 2 nitrogen and oxygen atoms in total. The molecule has 0 amide bonds. The van der Waals surface area contributed by atoms with Gasteiger partial charge in [-0.1, -0.05) is 350 Å². The van der Waals surface area contributed by atoms with E-state index < -0.39 is 5.41 Å². The zero-order chi connectivity index (χ0) is 72.1. The summed E-state index contributed by atoms with van der Waals surface area (Å²) in [7, 11) is 0. The van der Waals surface area contributed by atoms with Gasteiger partial charge in [0.2, 0.25) is 0 Å². The molecule has 0 atom stereocenters. The van der Waals surface area contributed by atoms with E-state index in [2.05, 4.69) is 382 Å². The van der Waals surface area contributed by atoms with Gasteiger partial charge in [-0.2, -0.15) is 0 Å². The van der Waals surface area contributed by atoms with Gasteiger partial charge >= 0.3 is 0 Å². The van der Waals surface area contributed by atoms with Crippen LogP contribution in [-0.4, -0.2) is 6.71 Å². The van der Waals surface area contributed by atoms with Crippen molar-refractivity contribution in [1.29, 1.82) is 0 Å². The van der Waals surface area contributed by atoms with Crippen molar-refractivity contribution in [2.75, 3.05) is 9.80 Å². The summed E-state index contributed by atoms with van der Waals surface area (Å²) in [6, 6.07) is 137. The number of hydrogen-bond donors (Lipinski definition) is 0. The maximum atomic E-state index is 2.78. The highest BCUT2D eigenvalue weighted by atomic mass is 15.2. The van der Waals surface area contributed by atoms with Crippen LogP contribution in [0.4, 0.5) is 34.1 Å². The molecule has 19 rings (SSSR count). The molecule has 3 heteroatoms. The lowest BCUT2D eigenvalue weighted by Crippen LogP contribution is -2.61. The molecule has 520 valence electrons. The van der Waals surface area contributed by atoms with Crippen LogP contribution in [0.1, 0.15) is 112 Å². The van der Waals surface area contributed by atoms with Gasteiger partial charge in [-0.3, -0.25) is 0 Å². The zero-order valence-electron chi connectivity index (χ0n) is 61.8. The minimum absolute atomic E-state index is 0.260. The van der Waals surface area contributed by atoms with E-state index in [1.54, 1.807) is 0 Å². The second kappa shape index (κ2) is 28.7. The van der Waals surface area contributed by atoms with Gasteiger partial charge in [0.1, 0.15) is 0 Å². The number of benzene rings is 15. The molecule has 2 fully saturated rings. The summed E-state index contributed by atoms with van der Waals surface area (Å²) < 4.78 is 0. The van der Waals surface area contributed by atoms with Crippen molar-refractivity contribution < 1.29 is 0 Å². The average molecular weight is 1390 g/mol. The molecule has 0 bridgehead atoms. The topological polar surface area (TPSA) is 6.48 Å². The Hall–Kier alpha value is -12.0. The van der Waals surface area contributed by atoms with Gasteiger partial charge in [0, 0.05) is 50.4 Å². The molecule has 0 aromatic heterocycles. The molecule has 2 aliphatic carbocycles. The van der Waals surface area contributed by atoms with E-state index in [1.165, 1.54) is 237 Å². The smallest absolute Gasteiger partial charge is 0.252 e. The molecule has 2 heterocycles. The zero-order valence-corrected chi connectivity index (χ0v) is 61.8. The monoisotopic (exact) mass is 1390 g/mol. The predicted molar refractivity (Wildman–Crippen MR) is 460 cm³/mol. The van der Waals surface area contributed by atoms with E-state index in [0.717, 1.165) is 0 Å². The molecule has 0 unspecified atom stereocenters. The molecule has 15 aromatic rings. The van der Waals surface area contributed by atoms with Crippen molar-refractivity contribution in [3.63, 3.8) is 0 Å². The normalized spacial score (nSPS) is 14.3. The first-order chi connectivity index (χ1) is 53.3. The van der Waals surface area contributed by atoms with Crippen molar-refractivity contribution in [3.05, 3.63) is 380 Å². The molecule has 108 heavy (non-hydrogen) atoms. The molecule has 0 spiro atoms. The summed E-state index contributed by atoms with van der Waals surface area (Å²) in [5.41, 5.74) is 37.4. The molecule has 0 N–H and O–H groups in total. The van der Waals surface area contributed by atoms with E-state index in [1.807, 2.05) is 0 Å². The first-order valence-electron chi connectivity index (χ1n) is 39.4. The Kier molecular flexibility index (Phi) is 17.7. The third-order valence-corrected chi connectivity index (χ3v) is 24.3. The highest BCUT2D eigenvalue weighted by Crippen LogP contribution is 2.56. The van der Waals surface area contributed by atoms with Gasteiger partial charge in [0.05, 0.1) is 11.4 Å². The first kappa shape index (κ1) is 66.6. The van der Waals surface area contributed by atoms with Crippen LogP contribution in [0, 0.1) is 0 Å². The Labute approximate surface area is 638 Å². The highest BCUT2D eigenvalue weighted by Gasteiger charge is 2.47. The van der Waals surface area contributed by atoms with Gasteiger partial charge in [-0.05, 0) is 215 Å². The summed E-state index contributed by atoms with van der Waals surface area (Å²) in [6.45, 7) is 4.69. The molecule has 4 aliphatic rings. The van der Waals surface area contributed by atoms with Crippen LogP contribution in [0.3, 0.4) is 0 Å². The number of anilines is 6. The third-order valence-electron chi connectivity index (χ3n) is 24.3. The molecule has 15 aromatic carbocycles. The van der Waals surface area contributed by atoms with Crippen LogP contribution in [0.2, 0.25) is 0 Å². The summed E-state index contributed by atoms with van der Waals surface area (Å²) in [6.07, 6.45) is 12.3. The molecule has 2 aliphatic heterocycles. The van der Waals surface area contributed by atoms with Crippen LogP contribution in [-0.2, 0) is 5.41 Å². The van der Waals surface area contributed by atoms with Crippen LogP contribution in [0.5, 0.6) is 0 Å². The lowest BCUT2D eigenvalue weighted by Gasteiger charge is -2.47. The summed E-state index contributed by atoms with van der Waals surface area (Å²) in [5.74, 6) is 0.895. The quantitative estimate of drug-likeness (QED) is 0.0944. The molecule has 2 saturated carbocycles. The van der Waals surface area contributed by atoms with E-state index in [4.69, 9.17) is 0 Å². The minimum atomic E-state index is -0.546. The second-order valence-electron chi connectivity index (χ2n) is 31.1. The lowest BCUT2D eigenvalue weighted by atomic mass is 9.33. The summed E-state index contributed by atoms with van der Waals surface area (Å²) >= 11 is 0. The Morgan fingerprint density at radius 2 is 0.528 bits per heavy atom. The predicted octanol–water partition coefficient (Wildman–Crippen LogP) is 27.2. The Balaban J connectivity index is 0.980. The maximum absolute atomic E-state index is 2.78. The van der Waals surface area contributed by atoms with E-state index in [-0.39, 0.29) is 6.71 Å². The fourth-order valence-corrected chi connectivity index (χ4v) is 18.6. The van der Waals surface area contributed by atoms with Crippen molar-refractivity contribution in [2.45, 2.75) is 95.3 Å². The largest absolute Gasteiger partial charge is 0.310 e. The fraction of sp³-hybridized carbons (Fsp3) is 0.143. The number of hydrogen-bond acceptors (Lipinski definition) is 2. The fourth-order valence-electron chi connectivity index (χ4n) is 18.6. The van der Waals surface area contributed by atoms with Gasteiger partial charge in [-0.25, -0.2) is 0 Å². The summed E-state index contributed by atoms with van der Waals surface area (Å²) in [4.78, 5) is 5.56. The number of fused-ring (bicyclic) bond motifs is 4. The number of nitrogens with zero attached hydrogens (tertiary/aromatic N) is 2. The maximum Gasteiger partial charge on any atom is 0.252 e. The molecule has 0 saturated heterocycles. The van der Waals surface area contributed by atoms with Crippen molar-refractivity contribution >= 4 is 57.2 Å². The van der Waals surface area contributed by atoms with Gasteiger partial charge in [0.25, 0.3) is 6.71 Å². The van der Waals surface area contributed by atoms with Gasteiger partial charge < -0.3 is 9.80 Å². The Bertz CT molecular complexity index is 5350. The summed E-state index contributed by atoms with van der Waals surface area (Å²) in [5, 5.41) is 0. The Morgan fingerprint density at radius 1 is 0.241 bits per heavy atom. The van der Waals surface area contributed by atoms with E-state index in [0.29, 0.717) is 11.8 Å². The van der Waals surface area contributed by atoms with Crippen molar-refractivity contribution in [1.82, 2.24) is 0 Å². The minimum Gasteiger partial charge on any atom is -0.310 e. The van der Waals surface area contributed by atoms with Crippen LogP contribution >= 0.6 is 0 Å². The van der Waals surface area contributed by atoms with E-state index >= 15 is 0 Å². The lowest BCUT2D eigenvalue weighted by molar-refractivity contribution is 0.444. The van der Waals surface area contributed by atoms with Crippen molar-refractivity contribution in [2.24, 2.45) is 0 Å².